The number of aliphatic hydroxyl groups excluding tert-OH is 10. The number of benzene rings is 3. The topological polar surface area (TPSA) is 322 Å². The zero-order valence-corrected chi connectivity index (χ0v) is 38.0. The maximum Gasteiger partial charge on any atom is 0.229 e. The van der Waals surface area contributed by atoms with E-state index in [0.29, 0.717) is 11.1 Å². The van der Waals surface area contributed by atoms with Crippen molar-refractivity contribution in [3.8, 4) is 51.7 Å². The Hall–Kier alpha value is -4.70. The Morgan fingerprint density at radius 3 is 1.19 bits per heavy atom. The van der Waals surface area contributed by atoms with Gasteiger partial charge in [0.15, 0.2) is 40.6 Å². The van der Waals surface area contributed by atoms with Gasteiger partial charge in [-0.05, 0) is 53.1 Å². The monoisotopic (exact) mass is 968 g/mol. The lowest BCUT2D eigenvalue weighted by Gasteiger charge is -2.39. The number of hydrogen-bond acceptors (Lipinski definition) is 23. The Morgan fingerprint density at radius 2 is 0.853 bits per heavy atom. The van der Waals surface area contributed by atoms with Crippen LogP contribution in [0.2, 0.25) is 0 Å². The zero-order valence-electron chi connectivity index (χ0n) is 38.0. The number of ether oxygens (including phenoxy) is 13. The average Bonchev–Trinajstić information content (AvgIpc) is 3.98. The minimum atomic E-state index is -1.74. The van der Waals surface area contributed by atoms with Crippen LogP contribution in [-0.2, 0) is 18.9 Å². The molecule has 68 heavy (non-hydrogen) atoms. The van der Waals surface area contributed by atoms with E-state index in [1.54, 1.807) is 24.3 Å². The predicted octanol–water partition coefficient (Wildman–Crippen LogP) is -1.36. The van der Waals surface area contributed by atoms with Gasteiger partial charge in [-0.3, -0.25) is 0 Å². The van der Waals surface area contributed by atoms with Crippen molar-refractivity contribution >= 4 is 0 Å². The highest BCUT2D eigenvalue weighted by Crippen LogP contribution is 2.54. The number of rotatable bonds is 19. The fourth-order valence-corrected chi connectivity index (χ4v) is 8.91. The molecule has 0 radical (unpaired) electrons. The lowest BCUT2D eigenvalue weighted by molar-refractivity contribution is -0.277. The molecule has 0 spiro atoms. The van der Waals surface area contributed by atoms with Gasteiger partial charge in [-0.15, -0.1) is 0 Å². The van der Waals surface area contributed by atoms with Crippen molar-refractivity contribution in [2.24, 2.45) is 11.8 Å². The Morgan fingerprint density at radius 1 is 0.500 bits per heavy atom. The second kappa shape index (κ2) is 21.9. The lowest BCUT2D eigenvalue weighted by atomic mass is 9.84. The van der Waals surface area contributed by atoms with Crippen LogP contribution >= 0.6 is 0 Å². The van der Waals surface area contributed by atoms with E-state index in [9.17, 15) is 51.1 Å². The fourth-order valence-electron chi connectivity index (χ4n) is 8.91. The summed E-state index contributed by atoms with van der Waals surface area (Å²) in [6, 6.07) is 9.52. The van der Waals surface area contributed by atoms with Gasteiger partial charge in [0.2, 0.25) is 29.8 Å². The standard InChI is InChI=1S/C45H60O23/c1-56-23-7-18(8-24(57-2)42(23)67-44-37(54)35(52)33(50)30(14-47)65-44)32(49)29(13-46)64-41-25(58-3)9-19(10-26(41)59-4)39-21-16-63-40(22(21)17-62-39)20-11-27(60-5)43(28(12-20)61-6)68-45-38(55)36(53)34(51)31(15-48)66-45/h7-12,21-22,29-40,44-55H,13-17H2,1-6H3/t21-,22+,29+,30+,31-,32+,33+,34-,35-,36+,37+,38-,39-,40+,44-,45+/m0/s1. The van der Waals surface area contributed by atoms with Crippen LogP contribution in [-0.4, -0.2) is 194 Å². The van der Waals surface area contributed by atoms with Crippen molar-refractivity contribution in [2.45, 2.75) is 85.8 Å². The van der Waals surface area contributed by atoms with Crippen LogP contribution in [0.4, 0.5) is 0 Å². The molecule has 0 aromatic heterocycles. The van der Waals surface area contributed by atoms with Crippen molar-refractivity contribution < 1.29 is 113 Å². The van der Waals surface area contributed by atoms with E-state index < -0.39 is 106 Å². The molecule has 23 nitrogen and oxygen atoms in total. The molecular formula is C45H60O23. The second-order valence-electron chi connectivity index (χ2n) is 16.5. The molecule has 23 heteroatoms. The van der Waals surface area contributed by atoms with Gasteiger partial charge in [-0.1, -0.05) is 0 Å². The molecule has 0 unspecified atom stereocenters. The lowest BCUT2D eigenvalue weighted by Crippen LogP contribution is -2.60. The quantitative estimate of drug-likeness (QED) is 0.0664. The first-order valence-corrected chi connectivity index (χ1v) is 21.6. The van der Waals surface area contributed by atoms with Gasteiger partial charge in [-0.25, -0.2) is 0 Å². The van der Waals surface area contributed by atoms with Crippen LogP contribution in [0.25, 0.3) is 0 Å². The largest absolute Gasteiger partial charge is 0.493 e. The maximum absolute atomic E-state index is 11.7. The summed E-state index contributed by atoms with van der Waals surface area (Å²) in [4.78, 5) is 0. The van der Waals surface area contributed by atoms with Crippen LogP contribution in [0.15, 0.2) is 36.4 Å². The van der Waals surface area contributed by atoms with Crippen molar-refractivity contribution in [3.63, 3.8) is 0 Å². The highest BCUT2D eigenvalue weighted by atomic mass is 16.7. The zero-order chi connectivity index (χ0) is 49.1. The Balaban J connectivity index is 1.09. The van der Waals surface area contributed by atoms with E-state index in [1.165, 1.54) is 54.8 Å². The van der Waals surface area contributed by atoms with Crippen LogP contribution in [0.5, 0.6) is 51.7 Å². The van der Waals surface area contributed by atoms with Crippen LogP contribution in [0, 0.1) is 11.8 Å². The second-order valence-corrected chi connectivity index (χ2v) is 16.5. The normalized spacial score (nSPS) is 32.1. The molecule has 4 aliphatic heterocycles. The Labute approximate surface area is 390 Å². The van der Waals surface area contributed by atoms with E-state index in [4.69, 9.17) is 61.6 Å². The summed E-state index contributed by atoms with van der Waals surface area (Å²) in [5, 5.41) is 104. The molecule has 0 aliphatic carbocycles. The molecule has 0 saturated carbocycles. The van der Waals surface area contributed by atoms with Gasteiger partial charge in [-0.2, -0.15) is 0 Å². The molecule has 4 fully saturated rings. The Kier molecular flexibility index (Phi) is 16.5. The molecular weight excluding hydrogens is 908 g/mol. The van der Waals surface area contributed by atoms with Gasteiger partial charge >= 0.3 is 0 Å². The smallest absolute Gasteiger partial charge is 0.229 e. The molecule has 10 N–H and O–H groups in total. The third kappa shape index (κ3) is 9.74. The van der Waals surface area contributed by atoms with Crippen LogP contribution in [0.3, 0.4) is 0 Å². The number of hydrogen-bond donors (Lipinski definition) is 10. The molecule has 3 aromatic carbocycles. The van der Waals surface area contributed by atoms with Crippen molar-refractivity contribution in [2.75, 3.05) is 75.7 Å². The van der Waals surface area contributed by atoms with Crippen LogP contribution < -0.4 is 42.6 Å². The van der Waals surface area contributed by atoms with E-state index in [-0.39, 0.29) is 82.4 Å². The molecule has 16 atom stereocenters. The van der Waals surface area contributed by atoms with Crippen molar-refractivity contribution in [1.82, 2.24) is 0 Å². The molecule has 4 aliphatic rings. The summed E-state index contributed by atoms with van der Waals surface area (Å²) >= 11 is 0. The Bertz CT molecular complexity index is 2080. The summed E-state index contributed by atoms with van der Waals surface area (Å²) < 4.78 is 75.8. The van der Waals surface area contributed by atoms with Gasteiger partial charge in [0.05, 0.1) is 87.9 Å². The summed E-state index contributed by atoms with van der Waals surface area (Å²) in [7, 11) is 8.25. The van der Waals surface area contributed by atoms with Crippen LogP contribution in [0.1, 0.15) is 35.0 Å². The van der Waals surface area contributed by atoms with Gasteiger partial charge in [0.25, 0.3) is 0 Å². The van der Waals surface area contributed by atoms with Gasteiger partial charge in [0.1, 0.15) is 54.9 Å². The molecule has 4 heterocycles. The predicted molar refractivity (Wildman–Crippen MR) is 228 cm³/mol. The first-order valence-electron chi connectivity index (χ1n) is 21.6. The maximum atomic E-state index is 11.7. The third-order valence-electron chi connectivity index (χ3n) is 12.7. The van der Waals surface area contributed by atoms with E-state index in [1.807, 2.05) is 0 Å². The highest BCUT2D eigenvalue weighted by molar-refractivity contribution is 5.57. The fraction of sp³-hybridized carbons (Fsp3) is 0.600. The van der Waals surface area contributed by atoms with Gasteiger partial charge < -0.3 is 113 Å². The first-order chi connectivity index (χ1) is 32.7. The summed E-state index contributed by atoms with van der Waals surface area (Å²) in [6.07, 6.45) is -19.4. The number of fused-ring (bicyclic) bond motifs is 1. The molecule has 4 saturated heterocycles. The first kappa shape index (κ1) is 51.2. The van der Waals surface area contributed by atoms with Crippen molar-refractivity contribution in [3.05, 3.63) is 53.1 Å². The van der Waals surface area contributed by atoms with Crippen molar-refractivity contribution in [1.29, 1.82) is 0 Å². The van der Waals surface area contributed by atoms with E-state index >= 15 is 0 Å². The van der Waals surface area contributed by atoms with E-state index in [2.05, 4.69) is 0 Å². The average molecular weight is 969 g/mol. The minimum absolute atomic E-state index is 0.0179. The number of methoxy groups -OCH3 is 6. The molecule has 378 valence electrons. The molecule has 7 rings (SSSR count). The molecule has 0 amide bonds. The molecule has 0 bridgehead atoms. The highest BCUT2D eigenvalue weighted by Gasteiger charge is 2.50. The number of aliphatic hydroxyl groups is 10. The summed E-state index contributed by atoms with van der Waals surface area (Å²) in [5.41, 5.74) is 1.46. The van der Waals surface area contributed by atoms with E-state index in [0.717, 1.165) is 0 Å². The minimum Gasteiger partial charge on any atom is -0.493 e. The third-order valence-corrected chi connectivity index (χ3v) is 12.7. The molecule has 3 aromatic rings. The van der Waals surface area contributed by atoms with Gasteiger partial charge in [0, 0.05) is 11.8 Å². The SMILES string of the molecule is COc1cc([C@H]2OC[C@H]3[C@H]2CO[C@H]3c2cc(OC)c(O[C@H](CO)[C@H](O)c3cc(OC)c(O[C@@H]4O[C@H](CO)[C@@H](O)[C@H](O)[C@H]4O)c(OC)c3)c(OC)c2)cc(OC)c1O[C@H]1O[C@@H](CO)[C@H](O)[C@@H](O)[C@@H]1O. The summed E-state index contributed by atoms with van der Waals surface area (Å²) in [5.74, 6) is 0.355. The summed E-state index contributed by atoms with van der Waals surface area (Å²) in [6.45, 7) is -1.45.